The van der Waals surface area contributed by atoms with Crippen molar-refractivity contribution in [1.82, 2.24) is 5.43 Å². The zero-order chi connectivity index (χ0) is 13.0. The van der Waals surface area contributed by atoms with Crippen LogP contribution in [-0.4, -0.2) is 0 Å². The first kappa shape index (κ1) is 13.0. The first-order chi connectivity index (χ1) is 8.70. The van der Waals surface area contributed by atoms with Crippen LogP contribution in [0.5, 0.6) is 0 Å². The molecule has 0 spiro atoms. The Hall–Kier alpha value is -1.42. The standard InChI is InChI=1S/C14H14ClFN2/c15-11-6-7-12(13(16)9-11)14(18-17)8-10-4-2-1-3-5-10/h1-7,9,14,18H,8,17H2. The van der Waals surface area contributed by atoms with Gasteiger partial charge in [0.05, 0.1) is 6.04 Å². The number of halogens is 2. The molecule has 0 saturated carbocycles. The molecule has 0 radical (unpaired) electrons. The van der Waals surface area contributed by atoms with Gasteiger partial charge in [-0.2, -0.15) is 0 Å². The highest BCUT2D eigenvalue weighted by Crippen LogP contribution is 2.23. The van der Waals surface area contributed by atoms with E-state index in [0.29, 0.717) is 17.0 Å². The second-order valence-corrected chi connectivity index (χ2v) is 4.51. The molecule has 0 aliphatic carbocycles. The molecule has 0 fully saturated rings. The van der Waals surface area contributed by atoms with E-state index < -0.39 is 0 Å². The Bertz CT molecular complexity index is 516. The lowest BCUT2D eigenvalue weighted by Crippen LogP contribution is -2.30. The zero-order valence-corrected chi connectivity index (χ0v) is 10.5. The zero-order valence-electron chi connectivity index (χ0n) is 9.74. The SMILES string of the molecule is NNC(Cc1ccccc1)c1ccc(Cl)cc1F. The van der Waals surface area contributed by atoms with Gasteiger partial charge in [-0.3, -0.25) is 11.3 Å². The quantitative estimate of drug-likeness (QED) is 0.657. The third-order valence-corrected chi connectivity index (χ3v) is 3.06. The van der Waals surface area contributed by atoms with Crippen molar-refractivity contribution in [2.75, 3.05) is 0 Å². The molecule has 4 heteroatoms. The highest BCUT2D eigenvalue weighted by Gasteiger charge is 2.15. The largest absolute Gasteiger partial charge is 0.271 e. The second-order valence-electron chi connectivity index (χ2n) is 4.07. The van der Waals surface area contributed by atoms with Crippen LogP contribution in [0.3, 0.4) is 0 Å². The first-order valence-corrected chi connectivity index (χ1v) is 6.03. The van der Waals surface area contributed by atoms with Crippen molar-refractivity contribution in [3.63, 3.8) is 0 Å². The molecule has 2 nitrogen and oxygen atoms in total. The lowest BCUT2D eigenvalue weighted by molar-refractivity contribution is 0.510. The third-order valence-electron chi connectivity index (χ3n) is 2.82. The monoisotopic (exact) mass is 264 g/mol. The maximum Gasteiger partial charge on any atom is 0.129 e. The van der Waals surface area contributed by atoms with Crippen molar-refractivity contribution in [3.8, 4) is 0 Å². The smallest absolute Gasteiger partial charge is 0.129 e. The summed E-state index contributed by atoms with van der Waals surface area (Å²) in [5, 5.41) is 0.381. The molecular formula is C14H14ClFN2. The second kappa shape index (κ2) is 5.96. The van der Waals surface area contributed by atoms with E-state index in [-0.39, 0.29) is 11.9 Å². The highest BCUT2D eigenvalue weighted by atomic mass is 35.5. The van der Waals surface area contributed by atoms with Gasteiger partial charge in [-0.25, -0.2) is 4.39 Å². The number of nitrogens with one attached hydrogen (secondary N) is 1. The molecular weight excluding hydrogens is 251 g/mol. The summed E-state index contributed by atoms with van der Waals surface area (Å²) in [4.78, 5) is 0. The summed E-state index contributed by atoms with van der Waals surface area (Å²) in [5.74, 6) is 5.16. The maximum absolute atomic E-state index is 13.8. The summed E-state index contributed by atoms with van der Waals surface area (Å²) in [6.45, 7) is 0. The van der Waals surface area contributed by atoms with Crippen LogP contribution in [0.25, 0.3) is 0 Å². The van der Waals surface area contributed by atoms with Gasteiger partial charge < -0.3 is 0 Å². The number of hydrazine groups is 1. The van der Waals surface area contributed by atoms with Gasteiger partial charge in [0.25, 0.3) is 0 Å². The molecule has 2 aromatic rings. The molecule has 18 heavy (non-hydrogen) atoms. The lowest BCUT2D eigenvalue weighted by atomic mass is 9.99. The molecule has 0 amide bonds. The highest BCUT2D eigenvalue weighted by molar-refractivity contribution is 6.30. The van der Waals surface area contributed by atoms with Crippen LogP contribution in [0.15, 0.2) is 48.5 Å². The molecule has 0 saturated heterocycles. The average molecular weight is 265 g/mol. The summed E-state index contributed by atoms with van der Waals surface area (Å²) >= 11 is 5.73. The van der Waals surface area contributed by atoms with Crippen LogP contribution < -0.4 is 11.3 Å². The molecule has 0 aliphatic rings. The molecule has 1 unspecified atom stereocenters. The van der Waals surface area contributed by atoms with Gasteiger partial charge >= 0.3 is 0 Å². The Morgan fingerprint density at radius 3 is 2.50 bits per heavy atom. The number of benzene rings is 2. The summed E-state index contributed by atoms with van der Waals surface area (Å²) in [6, 6.07) is 14.1. The van der Waals surface area contributed by atoms with E-state index in [9.17, 15) is 4.39 Å². The van der Waals surface area contributed by atoms with Crippen LogP contribution in [-0.2, 0) is 6.42 Å². The van der Waals surface area contributed by atoms with Crippen molar-refractivity contribution < 1.29 is 4.39 Å². The van der Waals surface area contributed by atoms with Gasteiger partial charge in [0.2, 0.25) is 0 Å². The van der Waals surface area contributed by atoms with Crippen molar-refractivity contribution in [2.24, 2.45) is 5.84 Å². The number of rotatable bonds is 4. The van der Waals surface area contributed by atoms with Crippen LogP contribution in [0, 0.1) is 5.82 Å². The minimum Gasteiger partial charge on any atom is -0.271 e. The summed E-state index contributed by atoms with van der Waals surface area (Å²) in [7, 11) is 0. The van der Waals surface area contributed by atoms with Gasteiger partial charge in [-0.1, -0.05) is 48.0 Å². The molecule has 0 aliphatic heterocycles. The van der Waals surface area contributed by atoms with Crippen LogP contribution in [0.1, 0.15) is 17.2 Å². The molecule has 94 valence electrons. The third kappa shape index (κ3) is 3.07. The molecule has 1 atom stereocenters. The van der Waals surface area contributed by atoms with Crippen LogP contribution >= 0.6 is 11.6 Å². The van der Waals surface area contributed by atoms with Gasteiger partial charge in [-0.15, -0.1) is 0 Å². The Morgan fingerprint density at radius 1 is 1.17 bits per heavy atom. The molecule has 0 heterocycles. The van der Waals surface area contributed by atoms with E-state index >= 15 is 0 Å². The lowest BCUT2D eigenvalue weighted by Gasteiger charge is -2.17. The fourth-order valence-electron chi connectivity index (χ4n) is 1.89. The van der Waals surface area contributed by atoms with Gasteiger partial charge in [-0.05, 0) is 24.1 Å². The van der Waals surface area contributed by atoms with Crippen molar-refractivity contribution in [2.45, 2.75) is 12.5 Å². The van der Waals surface area contributed by atoms with Crippen LogP contribution in [0.2, 0.25) is 5.02 Å². The topological polar surface area (TPSA) is 38.0 Å². The Kier molecular flexibility index (Phi) is 4.31. The number of nitrogens with two attached hydrogens (primary N) is 1. The summed E-state index contributed by atoms with van der Waals surface area (Å²) in [6.07, 6.45) is 0.621. The Labute approximate surface area is 111 Å². The minimum atomic E-state index is -0.346. The molecule has 2 rings (SSSR count). The minimum absolute atomic E-state index is 0.273. The number of hydrogen-bond donors (Lipinski definition) is 2. The van der Waals surface area contributed by atoms with E-state index in [2.05, 4.69) is 5.43 Å². The maximum atomic E-state index is 13.8. The molecule has 3 N–H and O–H groups in total. The van der Waals surface area contributed by atoms with Gasteiger partial charge in [0.1, 0.15) is 5.82 Å². The molecule has 2 aromatic carbocycles. The van der Waals surface area contributed by atoms with Gasteiger partial charge in [0, 0.05) is 10.6 Å². The first-order valence-electron chi connectivity index (χ1n) is 5.65. The van der Waals surface area contributed by atoms with E-state index in [4.69, 9.17) is 17.4 Å². The van der Waals surface area contributed by atoms with E-state index in [1.807, 2.05) is 30.3 Å². The molecule has 0 bridgehead atoms. The van der Waals surface area contributed by atoms with Gasteiger partial charge in [0.15, 0.2) is 0 Å². The number of hydrogen-bond acceptors (Lipinski definition) is 2. The summed E-state index contributed by atoms with van der Waals surface area (Å²) < 4.78 is 13.8. The van der Waals surface area contributed by atoms with Crippen molar-refractivity contribution >= 4 is 11.6 Å². The molecule has 0 aromatic heterocycles. The van der Waals surface area contributed by atoms with Crippen LogP contribution in [0.4, 0.5) is 4.39 Å². The fraction of sp³-hybridized carbons (Fsp3) is 0.143. The van der Waals surface area contributed by atoms with E-state index in [1.54, 1.807) is 12.1 Å². The normalized spacial score (nSPS) is 12.4. The Balaban J connectivity index is 2.23. The van der Waals surface area contributed by atoms with E-state index in [0.717, 1.165) is 5.56 Å². The Morgan fingerprint density at radius 2 is 1.89 bits per heavy atom. The predicted octanol–water partition coefficient (Wildman–Crippen LogP) is 3.23. The fourth-order valence-corrected chi connectivity index (χ4v) is 2.05. The average Bonchev–Trinajstić information content (AvgIpc) is 2.38. The summed E-state index contributed by atoms with van der Waals surface area (Å²) in [5.41, 5.74) is 4.26. The predicted molar refractivity (Wildman–Crippen MR) is 71.6 cm³/mol. The van der Waals surface area contributed by atoms with E-state index in [1.165, 1.54) is 6.07 Å². The van der Waals surface area contributed by atoms with Crippen molar-refractivity contribution in [1.29, 1.82) is 0 Å². The van der Waals surface area contributed by atoms with Crippen molar-refractivity contribution in [3.05, 3.63) is 70.5 Å².